The second-order valence-electron chi connectivity index (χ2n) is 22.6. The summed E-state index contributed by atoms with van der Waals surface area (Å²) in [5.74, 6) is 0. The lowest BCUT2D eigenvalue weighted by Gasteiger charge is -2.44. The predicted octanol–water partition coefficient (Wildman–Crippen LogP) is 32.2. The number of fused-ring (bicyclic) bond motifs is 8. The summed E-state index contributed by atoms with van der Waals surface area (Å²) < 4.78 is 0. The highest BCUT2D eigenvalue weighted by Crippen LogP contribution is 2.44. The van der Waals surface area contributed by atoms with Crippen molar-refractivity contribution in [2.45, 2.75) is 314 Å². The van der Waals surface area contributed by atoms with Gasteiger partial charge in [-0.2, -0.15) is 0 Å². The number of benzene rings is 9. The molecule has 4 heterocycles. The summed E-state index contributed by atoms with van der Waals surface area (Å²) in [4.78, 5) is 9.72. The fourth-order valence-electron chi connectivity index (χ4n) is 10.7. The molecule has 9 aromatic rings. The molecule has 0 N–H and O–H groups in total. The van der Waals surface area contributed by atoms with E-state index in [0.717, 1.165) is 6.54 Å². The molecule has 0 fully saturated rings. The number of anilines is 11. The summed E-state index contributed by atoms with van der Waals surface area (Å²) in [6, 6.07) is 81.1. The molecule has 0 unspecified atom stereocenters. The minimum Gasteiger partial charge on any atom is -0.343 e. The number of nitrogens with zero attached hydrogens (tertiary/aromatic N) is 4. The van der Waals surface area contributed by atoms with Crippen molar-refractivity contribution in [1.82, 2.24) is 0 Å². The minimum absolute atomic E-state index is 0.198. The minimum atomic E-state index is 0.198. The molecular formula is C101H168B2N4. The van der Waals surface area contributed by atoms with Crippen LogP contribution in [0.15, 0.2) is 224 Å². The average molecular weight is 1460 g/mol. The van der Waals surface area contributed by atoms with Crippen molar-refractivity contribution in [3.05, 3.63) is 224 Å². The highest BCUT2D eigenvalue weighted by atomic mass is 15.2. The highest BCUT2D eigenvalue weighted by Gasteiger charge is 2.44. The van der Waals surface area contributed by atoms with Gasteiger partial charge in [0.05, 0.1) is 0 Å². The van der Waals surface area contributed by atoms with Gasteiger partial charge in [-0.1, -0.05) is 447 Å². The van der Waals surface area contributed by atoms with Crippen LogP contribution in [0.5, 0.6) is 0 Å². The van der Waals surface area contributed by atoms with Crippen molar-refractivity contribution in [3.63, 3.8) is 0 Å². The second-order valence-corrected chi connectivity index (χ2v) is 22.6. The standard InChI is InChI=1S/C30H21BN2.C26H21BN2.9C3H8.9C2H6/c1-3-12-22(13-4-1)32-26-18-9-7-16-24(26)31-25-17-8-10-19-27(25)33(23-14-5-2-6-15-23)29-21-11-20-28(32)30(29)31;1-2-28-22-15-8-6-13-20(22)27-21-14-7-9-16-23(21)29(19-11-4-3-5-12-19)25-18-10-17-24(28)26(25)27;9*1-3-2;9*1-2/h1-21H;3-18H,2H2,1H3;9*3H2,1-2H3;9*1-2H3. The van der Waals surface area contributed by atoms with Crippen molar-refractivity contribution in [2.24, 2.45) is 0 Å². The molecule has 0 spiro atoms. The van der Waals surface area contributed by atoms with Gasteiger partial charge in [-0.05, 0) is 125 Å². The van der Waals surface area contributed by atoms with E-state index in [1.807, 2.05) is 125 Å². The van der Waals surface area contributed by atoms with Crippen LogP contribution >= 0.6 is 0 Å². The Morgan fingerprint density at radius 1 is 0.178 bits per heavy atom. The van der Waals surface area contributed by atoms with Gasteiger partial charge in [-0.15, -0.1) is 0 Å². The summed E-state index contributed by atoms with van der Waals surface area (Å²) in [7, 11) is 0. The van der Waals surface area contributed by atoms with Crippen LogP contribution in [0.1, 0.15) is 314 Å². The van der Waals surface area contributed by atoms with Gasteiger partial charge < -0.3 is 19.6 Å². The molecule has 0 saturated carbocycles. The van der Waals surface area contributed by atoms with Crippen LogP contribution in [0, 0.1) is 0 Å². The number of rotatable bonds is 4. The van der Waals surface area contributed by atoms with Gasteiger partial charge in [-0.25, -0.2) is 0 Å². The third-order valence-corrected chi connectivity index (χ3v) is 13.1. The Morgan fingerprint density at radius 2 is 0.336 bits per heavy atom. The van der Waals surface area contributed by atoms with E-state index in [2.05, 4.69) is 376 Å². The number of para-hydroxylation sites is 7. The SMILES string of the molecule is CC.CC.CC.CC.CC.CC.CC.CC.CC.CCC.CCC.CCC.CCC.CCC.CCC.CCC.CCC.CCC.CCN1c2ccccc2B2c3ccccc3N(c3ccccc3)c3cccc1c32.c1ccc(N2c3ccccc3B3c4ccccc4N(c4ccccc4)c4cccc2c43)cc1. The summed E-state index contributed by atoms with van der Waals surface area (Å²) in [5.41, 5.74) is 22.0. The topological polar surface area (TPSA) is 13.0 Å². The molecule has 13 rings (SSSR count). The van der Waals surface area contributed by atoms with Gasteiger partial charge in [0.2, 0.25) is 0 Å². The smallest absolute Gasteiger partial charge is 0.252 e. The zero-order chi connectivity index (χ0) is 83.5. The quantitative estimate of drug-likeness (QED) is 0.163. The Kier molecular flexibility index (Phi) is 83.5. The first-order valence-corrected chi connectivity index (χ1v) is 43.5. The summed E-state index contributed by atoms with van der Waals surface area (Å²) in [6.07, 6.45) is 11.2. The second kappa shape index (κ2) is 79.4. The average Bonchev–Trinajstić information content (AvgIpc) is 0.714. The predicted molar refractivity (Wildman–Crippen MR) is 511 cm³/mol. The molecule has 4 aliphatic heterocycles. The van der Waals surface area contributed by atoms with Crippen LogP contribution in [0.25, 0.3) is 0 Å². The molecule has 0 aliphatic carbocycles. The Bertz CT molecular complexity index is 3150. The highest BCUT2D eigenvalue weighted by molar-refractivity contribution is 7.01. The maximum Gasteiger partial charge on any atom is 0.252 e. The van der Waals surface area contributed by atoms with Gasteiger partial charge in [-0.3, -0.25) is 0 Å². The van der Waals surface area contributed by atoms with E-state index < -0.39 is 0 Å². The van der Waals surface area contributed by atoms with Gasteiger partial charge >= 0.3 is 0 Å². The molecule has 0 saturated heterocycles. The number of hydrogen-bond donors (Lipinski definition) is 0. The molecule has 0 atom stereocenters. The zero-order valence-corrected chi connectivity index (χ0v) is 76.9. The largest absolute Gasteiger partial charge is 0.343 e. The third kappa shape index (κ3) is 36.4. The van der Waals surface area contributed by atoms with Gasteiger partial charge in [0.25, 0.3) is 13.4 Å². The Balaban J connectivity index is -0.000000244. The lowest BCUT2D eigenvalue weighted by atomic mass is 9.33. The normalized spacial score (nSPS) is 9.80. The first-order chi connectivity index (χ1) is 52.5. The maximum absolute atomic E-state index is 2.46. The third-order valence-electron chi connectivity index (χ3n) is 13.1. The lowest BCUT2D eigenvalue weighted by molar-refractivity contribution is 1.03. The summed E-state index contributed by atoms with van der Waals surface area (Å²) in [5, 5.41) is 0. The van der Waals surface area contributed by atoms with E-state index in [4.69, 9.17) is 0 Å². The molecule has 0 bridgehead atoms. The fraction of sp³-hybridized carbons (Fsp3) is 0.465. The van der Waals surface area contributed by atoms with Crippen molar-refractivity contribution in [1.29, 1.82) is 0 Å². The molecule has 0 amide bonds. The van der Waals surface area contributed by atoms with Crippen LogP contribution in [0.2, 0.25) is 0 Å². The fourth-order valence-corrected chi connectivity index (χ4v) is 10.7. The lowest BCUT2D eigenvalue weighted by Crippen LogP contribution is -2.61. The van der Waals surface area contributed by atoms with Crippen LogP contribution in [-0.2, 0) is 0 Å². The van der Waals surface area contributed by atoms with E-state index in [0.29, 0.717) is 0 Å². The van der Waals surface area contributed by atoms with Crippen molar-refractivity contribution in [2.75, 3.05) is 26.1 Å². The zero-order valence-electron chi connectivity index (χ0n) is 76.9. The first kappa shape index (κ1) is 113. The molecule has 9 aromatic carbocycles. The molecule has 0 aromatic heterocycles. The molecular weight excluding hydrogens is 1290 g/mol. The van der Waals surface area contributed by atoms with Crippen molar-refractivity contribution in [3.8, 4) is 0 Å². The van der Waals surface area contributed by atoms with E-state index in [1.165, 1.54) is 153 Å². The monoisotopic (exact) mass is 1460 g/mol. The molecule has 598 valence electrons. The molecule has 6 heteroatoms. The van der Waals surface area contributed by atoms with E-state index >= 15 is 0 Å². The van der Waals surface area contributed by atoms with Crippen LogP contribution in [-0.4, -0.2) is 20.0 Å². The Labute approximate surface area is 669 Å². The van der Waals surface area contributed by atoms with Crippen LogP contribution in [0.4, 0.5) is 62.6 Å². The molecule has 107 heavy (non-hydrogen) atoms. The first-order valence-electron chi connectivity index (χ1n) is 43.5. The number of hydrogen-bond acceptors (Lipinski definition) is 4. The van der Waals surface area contributed by atoms with E-state index in [-0.39, 0.29) is 13.4 Å². The summed E-state index contributed by atoms with van der Waals surface area (Å²) >= 11 is 0. The Morgan fingerprint density at radius 3 is 0.551 bits per heavy atom. The summed E-state index contributed by atoms with van der Waals surface area (Å²) in [6.45, 7) is 77.9. The van der Waals surface area contributed by atoms with Crippen molar-refractivity contribution < 1.29 is 0 Å². The Hall–Kier alpha value is -7.69. The van der Waals surface area contributed by atoms with E-state index in [1.54, 1.807) is 0 Å². The maximum atomic E-state index is 2.46. The van der Waals surface area contributed by atoms with Crippen molar-refractivity contribution >= 4 is 109 Å². The molecule has 4 aliphatic rings. The van der Waals surface area contributed by atoms with Gasteiger partial charge in [0, 0.05) is 69.1 Å². The van der Waals surface area contributed by atoms with Gasteiger partial charge in [0.15, 0.2) is 0 Å². The van der Waals surface area contributed by atoms with Gasteiger partial charge in [0.1, 0.15) is 0 Å². The van der Waals surface area contributed by atoms with E-state index in [9.17, 15) is 0 Å². The molecule has 0 radical (unpaired) electrons. The van der Waals surface area contributed by atoms with Crippen LogP contribution in [0.3, 0.4) is 0 Å². The van der Waals surface area contributed by atoms with Crippen LogP contribution < -0.4 is 52.4 Å². The molecule has 4 nitrogen and oxygen atoms in total.